The minimum absolute atomic E-state index is 0.165. The zero-order chi connectivity index (χ0) is 11.5. The Morgan fingerprint density at radius 2 is 2.25 bits per heavy atom. The lowest BCUT2D eigenvalue weighted by Gasteiger charge is -2.06. The van der Waals surface area contributed by atoms with Crippen LogP contribution in [0.2, 0.25) is 0 Å². The van der Waals surface area contributed by atoms with Crippen LogP contribution in [0.25, 0.3) is 11.0 Å². The van der Waals surface area contributed by atoms with Gasteiger partial charge in [-0.15, -0.1) is 0 Å². The molecule has 86 valence electrons. The molecule has 2 rings (SSSR count). The van der Waals surface area contributed by atoms with E-state index in [0.29, 0.717) is 5.82 Å². The van der Waals surface area contributed by atoms with Gasteiger partial charge in [0.2, 0.25) is 0 Å². The molecule has 0 aliphatic carbocycles. The van der Waals surface area contributed by atoms with Gasteiger partial charge in [0, 0.05) is 13.6 Å². The van der Waals surface area contributed by atoms with Crippen LogP contribution in [0.5, 0.6) is 0 Å². The molecule has 0 amide bonds. The van der Waals surface area contributed by atoms with Crippen LogP contribution in [0, 0.1) is 0 Å². The molecule has 16 heavy (non-hydrogen) atoms. The van der Waals surface area contributed by atoms with Crippen LogP contribution in [-0.2, 0) is 13.7 Å². The fraction of sp³-hybridized carbons (Fsp3) is 0.500. The maximum atomic E-state index is 9.09. The molecule has 2 N–H and O–H groups in total. The molecule has 2 heterocycles. The van der Waals surface area contributed by atoms with E-state index >= 15 is 0 Å². The van der Waals surface area contributed by atoms with Gasteiger partial charge < -0.3 is 10.4 Å². The van der Waals surface area contributed by atoms with Crippen molar-refractivity contribution in [1.82, 2.24) is 19.7 Å². The summed E-state index contributed by atoms with van der Waals surface area (Å²) in [5, 5.41) is 17.3. The summed E-state index contributed by atoms with van der Waals surface area (Å²) in [5.74, 6) is 1.15. The average Bonchev–Trinajstić information content (AvgIpc) is 2.68. The highest BCUT2D eigenvalue weighted by atomic mass is 16.3. The van der Waals surface area contributed by atoms with Crippen LogP contribution >= 0.6 is 0 Å². The van der Waals surface area contributed by atoms with Gasteiger partial charge in [0.25, 0.3) is 0 Å². The number of nitrogens with one attached hydrogen (secondary N) is 1. The lowest BCUT2D eigenvalue weighted by atomic mass is 10.3. The first-order valence-corrected chi connectivity index (χ1v) is 5.29. The standard InChI is InChI=1S/C10H15N5O/c1-3-4-11-9-7-5-12-15(2)10(7)14-8(6-16)13-9/h5,16H,3-4,6H2,1-2H3,(H,11,13,14). The minimum atomic E-state index is -0.165. The number of rotatable bonds is 4. The van der Waals surface area contributed by atoms with E-state index in [0.717, 1.165) is 29.8 Å². The Morgan fingerprint density at radius 3 is 2.94 bits per heavy atom. The van der Waals surface area contributed by atoms with Gasteiger partial charge in [0.1, 0.15) is 12.4 Å². The van der Waals surface area contributed by atoms with Crippen LogP contribution in [0.3, 0.4) is 0 Å². The third kappa shape index (κ3) is 1.83. The molecule has 0 aromatic carbocycles. The second kappa shape index (κ2) is 4.44. The van der Waals surface area contributed by atoms with Crippen LogP contribution in [0.15, 0.2) is 6.20 Å². The Morgan fingerprint density at radius 1 is 1.44 bits per heavy atom. The summed E-state index contributed by atoms with van der Waals surface area (Å²) in [6.07, 6.45) is 2.74. The van der Waals surface area contributed by atoms with E-state index in [9.17, 15) is 0 Å². The number of nitrogens with zero attached hydrogens (tertiary/aromatic N) is 4. The Bertz CT molecular complexity index is 493. The van der Waals surface area contributed by atoms with Crippen molar-refractivity contribution >= 4 is 16.9 Å². The topological polar surface area (TPSA) is 75.9 Å². The molecule has 0 saturated heterocycles. The van der Waals surface area contributed by atoms with Crippen LogP contribution in [0.1, 0.15) is 19.2 Å². The van der Waals surface area contributed by atoms with Gasteiger partial charge in [-0.1, -0.05) is 6.92 Å². The van der Waals surface area contributed by atoms with Crippen molar-refractivity contribution in [3.63, 3.8) is 0 Å². The number of aromatic nitrogens is 4. The second-order valence-electron chi connectivity index (χ2n) is 3.58. The molecule has 0 aliphatic heterocycles. The van der Waals surface area contributed by atoms with E-state index in [1.54, 1.807) is 10.9 Å². The van der Waals surface area contributed by atoms with Gasteiger partial charge in [-0.05, 0) is 6.42 Å². The van der Waals surface area contributed by atoms with Gasteiger partial charge in [-0.25, -0.2) is 9.97 Å². The summed E-state index contributed by atoms with van der Waals surface area (Å²) in [6, 6.07) is 0. The highest BCUT2D eigenvalue weighted by molar-refractivity contribution is 5.86. The number of fused-ring (bicyclic) bond motifs is 1. The quantitative estimate of drug-likeness (QED) is 0.794. The first-order chi connectivity index (χ1) is 7.76. The molecule has 0 aliphatic rings. The fourth-order valence-corrected chi connectivity index (χ4v) is 1.52. The molecule has 2 aromatic heterocycles. The second-order valence-corrected chi connectivity index (χ2v) is 3.58. The Balaban J connectivity index is 2.51. The summed E-state index contributed by atoms with van der Waals surface area (Å²) in [4.78, 5) is 8.47. The summed E-state index contributed by atoms with van der Waals surface area (Å²) in [6.45, 7) is 2.76. The lowest BCUT2D eigenvalue weighted by Crippen LogP contribution is -2.06. The third-order valence-corrected chi connectivity index (χ3v) is 2.32. The minimum Gasteiger partial charge on any atom is -0.388 e. The Hall–Kier alpha value is -1.69. The molecule has 0 bridgehead atoms. The predicted molar refractivity (Wildman–Crippen MR) is 61.0 cm³/mol. The maximum Gasteiger partial charge on any atom is 0.163 e. The normalized spacial score (nSPS) is 10.9. The van der Waals surface area contributed by atoms with E-state index in [4.69, 9.17) is 5.11 Å². The molecule has 0 atom stereocenters. The lowest BCUT2D eigenvalue weighted by molar-refractivity contribution is 0.272. The number of hydrogen-bond acceptors (Lipinski definition) is 5. The Kier molecular flexibility index (Phi) is 3.00. The fourth-order valence-electron chi connectivity index (χ4n) is 1.52. The molecule has 0 unspecified atom stereocenters. The van der Waals surface area contributed by atoms with E-state index in [-0.39, 0.29) is 6.61 Å². The summed E-state index contributed by atoms with van der Waals surface area (Å²) in [7, 11) is 1.82. The van der Waals surface area contributed by atoms with E-state index in [1.165, 1.54) is 0 Å². The Labute approximate surface area is 93.3 Å². The zero-order valence-electron chi connectivity index (χ0n) is 9.43. The summed E-state index contributed by atoms with van der Waals surface area (Å²) < 4.78 is 1.67. The van der Waals surface area contributed by atoms with Crippen LogP contribution < -0.4 is 5.32 Å². The largest absolute Gasteiger partial charge is 0.388 e. The summed E-state index contributed by atoms with van der Waals surface area (Å²) >= 11 is 0. The molecule has 0 spiro atoms. The highest BCUT2D eigenvalue weighted by Gasteiger charge is 2.10. The summed E-state index contributed by atoms with van der Waals surface area (Å²) in [5.41, 5.74) is 0.734. The molecular formula is C10H15N5O. The molecular weight excluding hydrogens is 206 g/mol. The molecule has 0 radical (unpaired) electrons. The average molecular weight is 221 g/mol. The van der Waals surface area contributed by atoms with Gasteiger partial charge in [0.15, 0.2) is 11.5 Å². The first kappa shape index (κ1) is 10.8. The maximum absolute atomic E-state index is 9.09. The monoisotopic (exact) mass is 221 g/mol. The number of anilines is 1. The number of hydrogen-bond donors (Lipinski definition) is 2. The van der Waals surface area contributed by atoms with E-state index in [1.807, 2.05) is 7.05 Å². The van der Waals surface area contributed by atoms with Crippen molar-refractivity contribution in [2.75, 3.05) is 11.9 Å². The zero-order valence-corrected chi connectivity index (χ0v) is 9.43. The number of aryl methyl sites for hydroxylation is 1. The first-order valence-electron chi connectivity index (χ1n) is 5.29. The number of aliphatic hydroxyl groups is 1. The van der Waals surface area contributed by atoms with E-state index in [2.05, 4.69) is 27.3 Å². The van der Waals surface area contributed by atoms with Crippen molar-refractivity contribution < 1.29 is 5.11 Å². The van der Waals surface area contributed by atoms with Crippen molar-refractivity contribution in [1.29, 1.82) is 0 Å². The van der Waals surface area contributed by atoms with Gasteiger partial charge in [-0.2, -0.15) is 5.10 Å². The van der Waals surface area contributed by atoms with Gasteiger partial charge >= 0.3 is 0 Å². The highest BCUT2D eigenvalue weighted by Crippen LogP contribution is 2.19. The van der Waals surface area contributed by atoms with Gasteiger partial charge in [-0.3, -0.25) is 4.68 Å². The van der Waals surface area contributed by atoms with E-state index < -0.39 is 0 Å². The van der Waals surface area contributed by atoms with Crippen molar-refractivity contribution in [3.05, 3.63) is 12.0 Å². The molecule has 2 aromatic rings. The molecule has 6 nitrogen and oxygen atoms in total. The van der Waals surface area contributed by atoms with Crippen molar-refractivity contribution in [3.8, 4) is 0 Å². The molecule has 0 saturated carbocycles. The smallest absolute Gasteiger partial charge is 0.163 e. The van der Waals surface area contributed by atoms with Crippen molar-refractivity contribution in [2.45, 2.75) is 20.0 Å². The van der Waals surface area contributed by atoms with Crippen molar-refractivity contribution in [2.24, 2.45) is 7.05 Å². The van der Waals surface area contributed by atoms with Crippen LogP contribution in [0.4, 0.5) is 5.82 Å². The molecule has 6 heteroatoms. The SMILES string of the molecule is CCCNc1nc(CO)nc2c1cnn2C. The molecule has 0 fully saturated rings. The number of aliphatic hydroxyl groups excluding tert-OH is 1. The van der Waals surface area contributed by atoms with Gasteiger partial charge in [0.05, 0.1) is 11.6 Å². The third-order valence-electron chi connectivity index (χ3n) is 2.32. The van der Waals surface area contributed by atoms with Crippen LogP contribution in [-0.4, -0.2) is 31.4 Å². The predicted octanol–water partition coefficient (Wildman–Crippen LogP) is 0.677.